The van der Waals surface area contributed by atoms with Crippen LogP contribution >= 0.6 is 23.1 Å². The number of aryl methyl sites for hydroxylation is 1. The van der Waals surface area contributed by atoms with Crippen LogP contribution in [0.1, 0.15) is 16.7 Å². The van der Waals surface area contributed by atoms with E-state index in [0.29, 0.717) is 20.8 Å². The molecule has 130 valence electrons. The van der Waals surface area contributed by atoms with Gasteiger partial charge in [0.05, 0.1) is 5.56 Å². The molecule has 3 rings (SSSR count). The first-order valence-corrected chi connectivity index (χ1v) is 9.16. The maximum Gasteiger partial charge on any atom is 0.416 e. The molecule has 0 amide bonds. The van der Waals surface area contributed by atoms with Crippen LogP contribution in [0.25, 0.3) is 0 Å². The summed E-state index contributed by atoms with van der Waals surface area (Å²) in [6.45, 7) is 2.00. The molecule has 1 aromatic heterocycles. The highest BCUT2D eigenvalue weighted by molar-refractivity contribution is 8.00. The zero-order valence-corrected chi connectivity index (χ0v) is 14.8. The Morgan fingerprint density at radius 2 is 1.88 bits per heavy atom. The molecule has 0 aliphatic carbocycles. The maximum atomic E-state index is 12.7. The van der Waals surface area contributed by atoms with E-state index in [1.165, 1.54) is 35.2 Å². The zero-order chi connectivity index (χ0) is 17.9. The van der Waals surface area contributed by atoms with Gasteiger partial charge in [0.1, 0.15) is 0 Å². The Labute approximate surface area is 151 Å². The quantitative estimate of drug-likeness (QED) is 0.558. The minimum atomic E-state index is -4.33. The number of hydrogen-bond acceptors (Lipinski definition) is 5. The lowest BCUT2D eigenvalue weighted by atomic mass is 10.1. The lowest BCUT2D eigenvalue weighted by Gasteiger charge is -2.07. The van der Waals surface area contributed by atoms with Crippen LogP contribution < -0.4 is 5.32 Å². The van der Waals surface area contributed by atoms with Crippen LogP contribution in [0.2, 0.25) is 0 Å². The molecule has 0 aliphatic heterocycles. The number of rotatable bonds is 5. The summed E-state index contributed by atoms with van der Waals surface area (Å²) in [5.41, 5.74) is 2.02. The molecule has 2 aromatic carbocycles. The molecule has 0 atom stereocenters. The third-order valence-corrected chi connectivity index (χ3v) is 5.34. The Hall–Kier alpha value is -2.06. The summed E-state index contributed by atoms with van der Waals surface area (Å²) in [4.78, 5) is 0. The minimum Gasteiger partial charge on any atom is -0.330 e. The SMILES string of the molecule is Cc1cccc(Nc2nnc(SCc3cccc(C(F)(F)F)c3)s2)c1. The Balaban J connectivity index is 1.62. The van der Waals surface area contributed by atoms with E-state index in [2.05, 4.69) is 15.5 Å². The standard InChI is InChI=1S/C17H14F3N3S2/c1-11-4-2-7-14(8-11)21-15-22-23-16(25-15)24-10-12-5-3-6-13(9-12)17(18,19)20/h2-9H,10H2,1H3,(H,21,22). The second kappa shape index (κ2) is 7.45. The molecule has 3 nitrogen and oxygen atoms in total. The Kier molecular flexibility index (Phi) is 5.29. The van der Waals surface area contributed by atoms with Crippen LogP contribution in [-0.2, 0) is 11.9 Å². The average Bonchev–Trinajstić information content (AvgIpc) is 3.00. The molecule has 0 fully saturated rings. The van der Waals surface area contributed by atoms with E-state index in [-0.39, 0.29) is 0 Å². The van der Waals surface area contributed by atoms with Gasteiger partial charge in [-0.1, -0.05) is 53.4 Å². The fourth-order valence-electron chi connectivity index (χ4n) is 2.15. The second-order valence-electron chi connectivity index (χ2n) is 5.35. The Bertz CT molecular complexity index is 862. The van der Waals surface area contributed by atoms with Gasteiger partial charge in [-0.3, -0.25) is 0 Å². The van der Waals surface area contributed by atoms with E-state index < -0.39 is 11.7 Å². The van der Waals surface area contributed by atoms with Crippen molar-refractivity contribution in [1.82, 2.24) is 10.2 Å². The van der Waals surface area contributed by atoms with Gasteiger partial charge in [-0.2, -0.15) is 13.2 Å². The topological polar surface area (TPSA) is 37.8 Å². The number of nitrogens with zero attached hydrogens (tertiary/aromatic N) is 2. The van der Waals surface area contributed by atoms with Crippen molar-refractivity contribution < 1.29 is 13.2 Å². The van der Waals surface area contributed by atoms with Crippen molar-refractivity contribution in [3.05, 3.63) is 65.2 Å². The van der Waals surface area contributed by atoms with Crippen molar-refractivity contribution >= 4 is 33.9 Å². The number of anilines is 2. The molecule has 0 saturated carbocycles. The summed E-state index contributed by atoms with van der Waals surface area (Å²) in [6, 6.07) is 13.2. The molecule has 3 aromatic rings. The van der Waals surface area contributed by atoms with Gasteiger partial charge in [0, 0.05) is 11.4 Å². The summed E-state index contributed by atoms with van der Waals surface area (Å²) in [7, 11) is 0. The number of nitrogens with one attached hydrogen (secondary N) is 1. The summed E-state index contributed by atoms with van der Waals surface area (Å²) >= 11 is 2.73. The van der Waals surface area contributed by atoms with Gasteiger partial charge >= 0.3 is 6.18 Å². The molecule has 1 heterocycles. The van der Waals surface area contributed by atoms with Crippen LogP contribution in [-0.4, -0.2) is 10.2 Å². The summed E-state index contributed by atoms with van der Waals surface area (Å²) in [5, 5.41) is 12.0. The number of alkyl halides is 3. The predicted molar refractivity (Wildman–Crippen MR) is 95.4 cm³/mol. The van der Waals surface area contributed by atoms with Crippen molar-refractivity contribution in [1.29, 1.82) is 0 Å². The number of halogens is 3. The molecule has 0 radical (unpaired) electrons. The number of aromatic nitrogens is 2. The maximum absolute atomic E-state index is 12.7. The second-order valence-corrected chi connectivity index (χ2v) is 7.55. The van der Waals surface area contributed by atoms with Crippen molar-refractivity contribution in [2.24, 2.45) is 0 Å². The van der Waals surface area contributed by atoms with E-state index in [1.54, 1.807) is 6.07 Å². The van der Waals surface area contributed by atoms with Crippen LogP contribution in [0.15, 0.2) is 52.9 Å². The van der Waals surface area contributed by atoms with Crippen LogP contribution in [0, 0.1) is 6.92 Å². The third-order valence-electron chi connectivity index (χ3n) is 3.29. The number of benzene rings is 2. The zero-order valence-electron chi connectivity index (χ0n) is 13.2. The van der Waals surface area contributed by atoms with Gasteiger partial charge in [-0.05, 0) is 36.2 Å². The van der Waals surface area contributed by atoms with Crippen molar-refractivity contribution in [2.45, 2.75) is 23.2 Å². The smallest absolute Gasteiger partial charge is 0.330 e. The fourth-order valence-corrected chi connectivity index (χ4v) is 3.86. The molecule has 0 aliphatic rings. The van der Waals surface area contributed by atoms with Crippen molar-refractivity contribution in [2.75, 3.05) is 5.32 Å². The molecule has 0 unspecified atom stereocenters. The van der Waals surface area contributed by atoms with Crippen LogP contribution in [0.3, 0.4) is 0 Å². The highest BCUT2D eigenvalue weighted by Gasteiger charge is 2.30. The normalized spacial score (nSPS) is 11.5. The lowest BCUT2D eigenvalue weighted by molar-refractivity contribution is -0.137. The van der Waals surface area contributed by atoms with Gasteiger partial charge in [-0.25, -0.2) is 0 Å². The molecule has 0 saturated heterocycles. The average molecular weight is 381 g/mol. The van der Waals surface area contributed by atoms with Crippen LogP contribution in [0.4, 0.5) is 24.0 Å². The molecular formula is C17H14F3N3S2. The van der Waals surface area contributed by atoms with Crippen LogP contribution in [0.5, 0.6) is 0 Å². The number of thioether (sulfide) groups is 1. The third kappa shape index (κ3) is 4.96. The summed E-state index contributed by atoms with van der Waals surface area (Å²) < 4.78 is 38.9. The summed E-state index contributed by atoms with van der Waals surface area (Å²) in [5.74, 6) is 0.406. The largest absolute Gasteiger partial charge is 0.416 e. The minimum absolute atomic E-state index is 0.406. The van der Waals surface area contributed by atoms with Crippen molar-refractivity contribution in [3.8, 4) is 0 Å². The Morgan fingerprint density at radius 1 is 1.08 bits per heavy atom. The van der Waals surface area contributed by atoms with Crippen molar-refractivity contribution in [3.63, 3.8) is 0 Å². The summed E-state index contributed by atoms with van der Waals surface area (Å²) in [6.07, 6.45) is -4.33. The first-order valence-electron chi connectivity index (χ1n) is 7.36. The predicted octanol–water partition coefficient (Wildman–Crippen LogP) is 5.90. The van der Waals surface area contributed by atoms with Gasteiger partial charge in [-0.15, -0.1) is 10.2 Å². The van der Waals surface area contributed by atoms with Gasteiger partial charge in [0.2, 0.25) is 5.13 Å². The van der Waals surface area contributed by atoms with E-state index in [0.717, 1.165) is 17.3 Å². The lowest BCUT2D eigenvalue weighted by Crippen LogP contribution is -2.04. The molecule has 8 heteroatoms. The highest BCUT2D eigenvalue weighted by atomic mass is 32.2. The molecule has 1 N–H and O–H groups in total. The van der Waals surface area contributed by atoms with Gasteiger partial charge in [0.15, 0.2) is 4.34 Å². The highest BCUT2D eigenvalue weighted by Crippen LogP contribution is 2.33. The van der Waals surface area contributed by atoms with Gasteiger partial charge in [0.25, 0.3) is 0 Å². The first-order chi connectivity index (χ1) is 11.9. The Morgan fingerprint density at radius 3 is 2.64 bits per heavy atom. The van der Waals surface area contributed by atoms with E-state index in [1.807, 2.05) is 31.2 Å². The van der Waals surface area contributed by atoms with E-state index in [9.17, 15) is 13.2 Å². The molecule has 0 spiro atoms. The van der Waals surface area contributed by atoms with E-state index >= 15 is 0 Å². The van der Waals surface area contributed by atoms with E-state index in [4.69, 9.17) is 0 Å². The first kappa shape index (κ1) is 17.8. The fraction of sp³-hybridized carbons (Fsp3) is 0.176. The monoisotopic (exact) mass is 381 g/mol. The molecular weight excluding hydrogens is 367 g/mol. The molecule has 0 bridgehead atoms. The number of hydrogen-bond donors (Lipinski definition) is 1. The van der Waals surface area contributed by atoms with Gasteiger partial charge < -0.3 is 5.32 Å². The molecule has 25 heavy (non-hydrogen) atoms.